The van der Waals surface area contributed by atoms with Gasteiger partial charge in [0.25, 0.3) is 0 Å². The summed E-state index contributed by atoms with van der Waals surface area (Å²) >= 11 is 0. The molecule has 1 atom stereocenters. The van der Waals surface area contributed by atoms with Crippen LogP contribution >= 0.6 is 0 Å². The van der Waals surface area contributed by atoms with Crippen LogP contribution in [0.5, 0.6) is 5.75 Å². The van der Waals surface area contributed by atoms with E-state index in [4.69, 9.17) is 15.2 Å². The Morgan fingerprint density at radius 1 is 1.04 bits per heavy atom. The maximum atomic E-state index is 5.86. The Morgan fingerprint density at radius 2 is 1.84 bits per heavy atom. The molecule has 1 fully saturated rings. The quantitative estimate of drug-likeness (QED) is 0.803. The van der Waals surface area contributed by atoms with Gasteiger partial charge in [0.15, 0.2) is 0 Å². The van der Waals surface area contributed by atoms with Gasteiger partial charge in [-0.2, -0.15) is 0 Å². The highest BCUT2D eigenvalue weighted by atomic mass is 16.5. The molecule has 3 rings (SSSR count). The van der Waals surface area contributed by atoms with Crippen LogP contribution in [0, 0.1) is 0 Å². The van der Waals surface area contributed by atoms with Gasteiger partial charge in [0.2, 0.25) is 0 Å². The molecule has 2 aromatic carbocycles. The summed E-state index contributed by atoms with van der Waals surface area (Å²) in [6.07, 6.45) is 2.14. The van der Waals surface area contributed by atoms with Gasteiger partial charge in [0.05, 0.1) is 19.3 Å². The van der Waals surface area contributed by atoms with Crippen LogP contribution in [-0.2, 0) is 17.7 Å². The second-order valence-electron chi connectivity index (χ2n) is 6.53. The summed E-state index contributed by atoms with van der Waals surface area (Å²) in [5.41, 5.74) is 8.25. The molecule has 2 aromatic rings. The second-order valence-corrected chi connectivity index (χ2v) is 6.53. The van der Waals surface area contributed by atoms with Crippen LogP contribution in [0.2, 0.25) is 0 Å². The largest absolute Gasteiger partial charge is 0.493 e. The number of rotatable bonds is 8. The minimum absolute atomic E-state index is 0.277. The van der Waals surface area contributed by atoms with Gasteiger partial charge in [-0.25, -0.2) is 0 Å². The van der Waals surface area contributed by atoms with Gasteiger partial charge in [-0.3, -0.25) is 4.90 Å². The van der Waals surface area contributed by atoms with Crippen molar-refractivity contribution in [1.82, 2.24) is 4.90 Å². The summed E-state index contributed by atoms with van der Waals surface area (Å²) < 4.78 is 11.6. The molecule has 0 amide bonds. The van der Waals surface area contributed by atoms with Crippen molar-refractivity contribution in [3.63, 3.8) is 0 Å². The number of morpholine rings is 1. The molecule has 1 saturated heterocycles. The predicted molar refractivity (Wildman–Crippen MR) is 101 cm³/mol. The first-order chi connectivity index (χ1) is 12.3. The summed E-state index contributed by atoms with van der Waals surface area (Å²) in [6.45, 7) is 5.09. The van der Waals surface area contributed by atoms with E-state index in [0.717, 1.165) is 44.8 Å². The van der Waals surface area contributed by atoms with Gasteiger partial charge >= 0.3 is 0 Å². The van der Waals surface area contributed by atoms with Gasteiger partial charge in [-0.1, -0.05) is 42.5 Å². The third-order valence-corrected chi connectivity index (χ3v) is 4.54. The highest BCUT2D eigenvalue weighted by Crippen LogP contribution is 2.16. The smallest absolute Gasteiger partial charge is 0.119 e. The van der Waals surface area contributed by atoms with Gasteiger partial charge in [0.1, 0.15) is 5.75 Å². The molecule has 25 heavy (non-hydrogen) atoms. The van der Waals surface area contributed by atoms with E-state index in [9.17, 15) is 0 Å². The van der Waals surface area contributed by atoms with Gasteiger partial charge < -0.3 is 15.2 Å². The Hall–Kier alpha value is -1.88. The zero-order valence-electron chi connectivity index (χ0n) is 14.8. The van der Waals surface area contributed by atoms with Crippen molar-refractivity contribution in [3.8, 4) is 5.75 Å². The van der Waals surface area contributed by atoms with Crippen LogP contribution in [0.3, 0.4) is 0 Å². The van der Waals surface area contributed by atoms with E-state index in [0.29, 0.717) is 13.2 Å². The van der Waals surface area contributed by atoms with Crippen LogP contribution in [-0.4, -0.2) is 43.9 Å². The van der Waals surface area contributed by atoms with E-state index in [1.807, 2.05) is 6.07 Å². The van der Waals surface area contributed by atoms with Gasteiger partial charge in [-0.15, -0.1) is 0 Å². The molecule has 1 heterocycles. The number of hydrogen-bond acceptors (Lipinski definition) is 4. The number of hydrogen-bond donors (Lipinski definition) is 1. The van der Waals surface area contributed by atoms with E-state index in [1.165, 1.54) is 11.1 Å². The van der Waals surface area contributed by atoms with Crippen LogP contribution < -0.4 is 10.5 Å². The minimum atomic E-state index is 0.277. The third-order valence-electron chi connectivity index (χ3n) is 4.54. The van der Waals surface area contributed by atoms with Gasteiger partial charge in [-0.05, 0) is 36.2 Å². The van der Waals surface area contributed by atoms with E-state index in [1.54, 1.807) is 0 Å². The zero-order chi connectivity index (χ0) is 17.3. The Bertz CT molecular complexity index is 614. The van der Waals surface area contributed by atoms with Crippen molar-refractivity contribution >= 4 is 0 Å². The average Bonchev–Trinajstić information content (AvgIpc) is 2.65. The molecule has 134 valence electrons. The summed E-state index contributed by atoms with van der Waals surface area (Å²) in [4.78, 5) is 2.44. The number of nitrogens with zero attached hydrogens (tertiary/aromatic N) is 1. The molecule has 1 aliphatic heterocycles. The Balaban J connectivity index is 1.44. The molecule has 0 saturated carbocycles. The lowest BCUT2D eigenvalue weighted by molar-refractivity contribution is -0.0335. The Labute approximate surface area is 150 Å². The lowest BCUT2D eigenvalue weighted by atomic mass is 10.1. The Kier molecular flexibility index (Phi) is 6.86. The van der Waals surface area contributed by atoms with Crippen molar-refractivity contribution in [2.24, 2.45) is 5.73 Å². The molecular formula is C21H28N2O2. The van der Waals surface area contributed by atoms with Crippen LogP contribution in [0.25, 0.3) is 0 Å². The molecule has 4 nitrogen and oxygen atoms in total. The van der Waals surface area contributed by atoms with E-state index >= 15 is 0 Å². The lowest BCUT2D eigenvalue weighted by Gasteiger charge is -2.32. The van der Waals surface area contributed by atoms with E-state index in [-0.39, 0.29) is 6.10 Å². The molecule has 0 bridgehead atoms. The average molecular weight is 340 g/mol. The monoisotopic (exact) mass is 340 g/mol. The molecule has 0 spiro atoms. The second kappa shape index (κ2) is 9.56. The molecule has 0 unspecified atom stereocenters. The van der Waals surface area contributed by atoms with Crippen molar-refractivity contribution in [1.29, 1.82) is 0 Å². The standard InChI is InChI=1S/C21H28N2O2/c22-12-10-21-17-23(13-15-25-21)16-19-6-8-20(9-7-19)24-14-11-18-4-2-1-3-5-18/h1-9,21H,10-17,22H2/t21-/m1/s1. The highest BCUT2D eigenvalue weighted by molar-refractivity contribution is 5.27. The lowest BCUT2D eigenvalue weighted by Crippen LogP contribution is -2.42. The molecule has 4 heteroatoms. The number of benzene rings is 2. The third kappa shape index (κ3) is 5.85. The summed E-state index contributed by atoms with van der Waals surface area (Å²) in [5, 5.41) is 0. The topological polar surface area (TPSA) is 47.7 Å². The minimum Gasteiger partial charge on any atom is -0.493 e. The first-order valence-electron chi connectivity index (χ1n) is 9.13. The fraction of sp³-hybridized carbons (Fsp3) is 0.429. The van der Waals surface area contributed by atoms with Crippen molar-refractivity contribution in [2.45, 2.75) is 25.5 Å². The number of nitrogens with two attached hydrogens (primary N) is 1. The molecule has 0 radical (unpaired) electrons. The fourth-order valence-electron chi connectivity index (χ4n) is 3.17. The first-order valence-corrected chi connectivity index (χ1v) is 9.13. The maximum absolute atomic E-state index is 5.86. The molecule has 1 aliphatic rings. The summed E-state index contributed by atoms with van der Waals surface area (Å²) in [6, 6.07) is 18.9. The van der Waals surface area contributed by atoms with E-state index < -0.39 is 0 Å². The van der Waals surface area contributed by atoms with Crippen molar-refractivity contribution in [2.75, 3.05) is 32.8 Å². The highest BCUT2D eigenvalue weighted by Gasteiger charge is 2.19. The molecule has 2 N–H and O–H groups in total. The molecule has 0 aromatic heterocycles. The first kappa shape index (κ1) is 17.9. The normalized spacial score (nSPS) is 18.2. The zero-order valence-corrected chi connectivity index (χ0v) is 14.8. The number of ether oxygens (including phenoxy) is 2. The van der Waals surface area contributed by atoms with Crippen LogP contribution in [0.4, 0.5) is 0 Å². The predicted octanol–water partition coefficient (Wildman–Crippen LogP) is 2.86. The van der Waals surface area contributed by atoms with E-state index in [2.05, 4.69) is 53.4 Å². The summed E-state index contributed by atoms with van der Waals surface area (Å²) in [7, 11) is 0. The van der Waals surface area contributed by atoms with Crippen molar-refractivity contribution in [3.05, 3.63) is 65.7 Å². The Morgan fingerprint density at radius 3 is 2.60 bits per heavy atom. The fourth-order valence-corrected chi connectivity index (χ4v) is 3.17. The molecular weight excluding hydrogens is 312 g/mol. The van der Waals surface area contributed by atoms with Crippen molar-refractivity contribution < 1.29 is 9.47 Å². The van der Waals surface area contributed by atoms with Crippen LogP contribution in [0.1, 0.15) is 17.5 Å². The molecule has 0 aliphatic carbocycles. The van der Waals surface area contributed by atoms with Gasteiger partial charge in [0, 0.05) is 26.1 Å². The maximum Gasteiger partial charge on any atom is 0.119 e. The van der Waals surface area contributed by atoms with Crippen LogP contribution in [0.15, 0.2) is 54.6 Å². The SMILES string of the molecule is NCC[C@@H]1CN(Cc2ccc(OCCc3ccccc3)cc2)CCO1. The summed E-state index contributed by atoms with van der Waals surface area (Å²) in [5.74, 6) is 0.933.